The van der Waals surface area contributed by atoms with Crippen LogP contribution < -0.4 is 14.8 Å². The summed E-state index contributed by atoms with van der Waals surface area (Å²) in [5, 5.41) is 5.02. The van der Waals surface area contributed by atoms with E-state index in [1.54, 1.807) is 61.7 Å². The van der Waals surface area contributed by atoms with E-state index in [9.17, 15) is 19.0 Å². The van der Waals surface area contributed by atoms with E-state index in [0.717, 1.165) is 4.70 Å². The first kappa shape index (κ1) is 29.5. The zero-order valence-electron chi connectivity index (χ0n) is 21.0. The second-order valence-corrected chi connectivity index (χ2v) is 11.3. The van der Waals surface area contributed by atoms with Gasteiger partial charge in [0.1, 0.15) is 11.5 Å². The lowest BCUT2D eigenvalue weighted by Crippen LogP contribution is -2.26. The summed E-state index contributed by atoms with van der Waals surface area (Å²) in [4.78, 5) is 35.8. The van der Waals surface area contributed by atoms with Crippen molar-refractivity contribution in [1.82, 2.24) is 5.32 Å². The molecule has 0 bridgehead atoms. The largest absolute Gasteiger partial charge is 0.510 e. The molecule has 1 amide bonds. The number of fused-ring (bicyclic) bond motifs is 1. The summed E-state index contributed by atoms with van der Waals surface area (Å²) in [6.07, 6.45) is 1.35. The molecule has 0 radical (unpaired) electrons. The number of thiophene rings is 1. The third kappa shape index (κ3) is 7.72. The van der Waals surface area contributed by atoms with Crippen LogP contribution in [0.3, 0.4) is 0 Å². The molecule has 0 fully saturated rings. The standard InChI is InChI=1S/C25H27ClNO9PS/c1-15(2)36-25(29)34-14-35-37(30,31)23(21-13-38-22-6-5-17(26)11-20(21)22)24(28)27-8-7-16-9-18(32-3)12-19(10-16)33-4/h5-13,15,23H,14H2,1-4H3,(H,27,28)(H,30,31)/b8-7+. The molecule has 2 N–H and O–H groups in total. The van der Waals surface area contributed by atoms with E-state index in [4.69, 9.17) is 35.1 Å². The van der Waals surface area contributed by atoms with Crippen molar-refractivity contribution in [3.05, 3.63) is 64.1 Å². The number of rotatable bonds is 11. The van der Waals surface area contributed by atoms with Crippen LogP contribution in [0.1, 0.15) is 30.6 Å². The highest BCUT2D eigenvalue weighted by molar-refractivity contribution is 7.54. The van der Waals surface area contributed by atoms with Crippen molar-refractivity contribution in [2.45, 2.75) is 25.6 Å². The topological polar surface area (TPSA) is 130 Å². The summed E-state index contributed by atoms with van der Waals surface area (Å²) >= 11 is 7.42. The van der Waals surface area contributed by atoms with Gasteiger partial charge in [0.2, 0.25) is 12.7 Å². The Bertz CT molecular complexity index is 1350. The molecule has 0 aliphatic carbocycles. The first-order valence-corrected chi connectivity index (χ1v) is 14.1. The molecule has 1 aromatic heterocycles. The first-order chi connectivity index (χ1) is 18.0. The molecule has 3 rings (SSSR count). The van der Waals surface area contributed by atoms with Gasteiger partial charge in [0, 0.05) is 22.0 Å². The van der Waals surface area contributed by atoms with Crippen molar-refractivity contribution in [3.8, 4) is 11.5 Å². The molecule has 2 aromatic carbocycles. The molecule has 0 spiro atoms. The minimum atomic E-state index is -4.75. The summed E-state index contributed by atoms with van der Waals surface area (Å²) < 4.78 is 39.1. The number of nitrogens with one attached hydrogen (secondary N) is 1. The van der Waals surface area contributed by atoms with Crippen LogP contribution in [0.5, 0.6) is 11.5 Å². The summed E-state index contributed by atoms with van der Waals surface area (Å²) in [6, 6.07) is 10.1. The van der Waals surface area contributed by atoms with E-state index in [1.807, 2.05) is 0 Å². The zero-order valence-corrected chi connectivity index (χ0v) is 23.5. The molecular formula is C25H27ClNO9PS. The van der Waals surface area contributed by atoms with E-state index in [0.29, 0.717) is 27.5 Å². The molecule has 0 saturated carbocycles. The summed E-state index contributed by atoms with van der Waals surface area (Å²) in [6.45, 7) is 2.33. The van der Waals surface area contributed by atoms with Crippen molar-refractivity contribution >= 4 is 58.8 Å². The second-order valence-electron chi connectivity index (χ2n) is 8.09. The van der Waals surface area contributed by atoms with Crippen LogP contribution in [-0.2, 0) is 23.4 Å². The lowest BCUT2D eigenvalue weighted by atomic mass is 10.1. The molecule has 13 heteroatoms. The zero-order chi connectivity index (χ0) is 27.9. The van der Waals surface area contributed by atoms with E-state index in [2.05, 4.69) is 5.32 Å². The highest BCUT2D eigenvalue weighted by Gasteiger charge is 2.41. The normalized spacial score (nSPS) is 13.8. The average molecular weight is 584 g/mol. The monoisotopic (exact) mass is 583 g/mol. The van der Waals surface area contributed by atoms with Gasteiger partial charge in [-0.25, -0.2) is 4.79 Å². The minimum Gasteiger partial charge on any atom is -0.497 e. The Morgan fingerprint density at radius 1 is 1.13 bits per heavy atom. The molecular weight excluding hydrogens is 557 g/mol. The fourth-order valence-corrected chi connectivity index (χ4v) is 5.90. The van der Waals surface area contributed by atoms with Crippen LogP contribution in [0.4, 0.5) is 4.79 Å². The number of halogens is 1. The van der Waals surface area contributed by atoms with Gasteiger partial charge in [0.25, 0.3) is 0 Å². The molecule has 38 heavy (non-hydrogen) atoms. The van der Waals surface area contributed by atoms with Crippen molar-refractivity contribution in [2.75, 3.05) is 21.0 Å². The second kappa shape index (κ2) is 13.1. The van der Waals surface area contributed by atoms with Crippen LogP contribution in [0.15, 0.2) is 48.0 Å². The Balaban J connectivity index is 1.87. The molecule has 10 nitrogen and oxygen atoms in total. The molecule has 1 heterocycles. The van der Waals surface area contributed by atoms with Crippen molar-refractivity contribution in [3.63, 3.8) is 0 Å². The predicted molar refractivity (Wildman–Crippen MR) is 145 cm³/mol. The van der Waals surface area contributed by atoms with Crippen LogP contribution in [-0.4, -0.2) is 44.1 Å². The number of carbonyl (C=O) groups is 2. The van der Waals surface area contributed by atoms with Gasteiger partial charge < -0.3 is 29.2 Å². The lowest BCUT2D eigenvalue weighted by molar-refractivity contribution is -0.120. The predicted octanol–water partition coefficient (Wildman–Crippen LogP) is 6.12. The molecule has 2 atom stereocenters. The number of hydrogen-bond donors (Lipinski definition) is 2. The Morgan fingerprint density at radius 2 is 1.82 bits per heavy atom. The Labute approximate surface area is 228 Å². The molecule has 3 aromatic rings. The Hall–Kier alpha value is -3.08. The van der Waals surface area contributed by atoms with Crippen molar-refractivity contribution < 1.29 is 42.5 Å². The van der Waals surface area contributed by atoms with Crippen LogP contribution in [0.25, 0.3) is 16.2 Å². The fourth-order valence-electron chi connectivity index (χ4n) is 3.37. The van der Waals surface area contributed by atoms with Crippen LogP contribution in [0, 0.1) is 0 Å². The van der Waals surface area contributed by atoms with Gasteiger partial charge in [0.15, 0.2) is 5.66 Å². The average Bonchev–Trinajstić information content (AvgIpc) is 3.25. The maximum atomic E-state index is 13.3. The smallest absolute Gasteiger partial charge is 0.497 e. The highest BCUT2D eigenvalue weighted by Crippen LogP contribution is 2.58. The van der Waals surface area contributed by atoms with Crippen molar-refractivity contribution in [2.24, 2.45) is 0 Å². The maximum Gasteiger partial charge on any atom is 0.510 e. The van der Waals surface area contributed by atoms with E-state index < -0.39 is 38.2 Å². The maximum absolute atomic E-state index is 13.3. The van der Waals surface area contributed by atoms with Gasteiger partial charge in [-0.2, -0.15) is 0 Å². The third-order valence-corrected chi connectivity index (χ3v) is 7.91. The summed E-state index contributed by atoms with van der Waals surface area (Å²) in [5.41, 5.74) is -0.785. The molecule has 0 saturated heterocycles. The van der Waals surface area contributed by atoms with Crippen molar-refractivity contribution in [1.29, 1.82) is 0 Å². The molecule has 0 aliphatic rings. The van der Waals surface area contributed by atoms with E-state index in [-0.39, 0.29) is 5.56 Å². The lowest BCUT2D eigenvalue weighted by Gasteiger charge is -2.21. The van der Waals surface area contributed by atoms with E-state index >= 15 is 0 Å². The number of methoxy groups -OCH3 is 2. The van der Waals surface area contributed by atoms with Gasteiger partial charge in [-0.15, -0.1) is 11.3 Å². The molecule has 2 unspecified atom stereocenters. The fraction of sp³-hybridized carbons (Fsp3) is 0.280. The molecule has 204 valence electrons. The van der Waals surface area contributed by atoms with Gasteiger partial charge in [-0.1, -0.05) is 11.6 Å². The summed E-state index contributed by atoms with van der Waals surface area (Å²) in [7, 11) is -1.73. The van der Waals surface area contributed by atoms with Crippen LogP contribution >= 0.6 is 30.5 Å². The van der Waals surface area contributed by atoms with Crippen LogP contribution in [0.2, 0.25) is 5.02 Å². The van der Waals surface area contributed by atoms with E-state index in [1.165, 1.54) is 31.8 Å². The number of ether oxygens (including phenoxy) is 4. The number of benzene rings is 2. The number of hydrogen-bond acceptors (Lipinski definition) is 9. The molecule has 0 aliphatic heterocycles. The quantitative estimate of drug-likeness (QED) is 0.156. The van der Waals surface area contributed by atoms with Gasteiger partial charge in [-0.3, -0.25) is 13.9 Å². The summed E-state index contributed by atoms with van der Waals surface area (Å²) in [5.74, 6) is 0.254. The van der Waals surface area contributed by atoms with Gasteiger partial charge in [-0.05, 0) is 72.1 Å². The third-order valence-electron chi connectivity index (χ3n) is 5.06. The minimum absolute atomic E-state index is 0.233. The number of amides is 1. The number of carbonyl (C=O) groups excluding carboxylic acids is 2. The Kier molecular flexibility index (Phi) is 10.2. The van der Waals surface area contributed by atoms with Gasteiger partial charge >= 0.3 is 13.8 Å². The van der Waals surface area contributed by atoms with Gasteiger partial charge in [0.05, 0.1) is 20.3 Å². The highest BCUT2D eigenvalue weighted by atomic mass is 35.5. The Morgan fingerprint density at radius 3 is 2.45 bits per heavy atom. The SMILES string of the molecule is COc1cc(/C=C/NC(=O)C(c2csc3ccc(Cl)cc23)P(=O)(O)OCOC(=O)OC(C)C)cc(OC)c1. The first-order valence-electron chi connectivity index (χ1n) is 11.2.